The van der Waals surface area contributed by atoms with Gasteiger partial charge in [0, 0.05) is 24.0 Å². The molecule has 1 fully saturated rings. The fraction of sp³-hybridized carbons (Fsp3) is 0.217. The van der Waals surface area contributed by atoms with E-state index >= 15 is 0 Å². The second-order valence-electron chi connectivity index (χ2n) is 7.35. The lowest BCUT2D eigenvalue weighted by molar-refractivity contribution is -0.00838. The first-order chi connectivity index (χ1) is 15.4. The van der Waals surface area contributed by atoms with Crippen LogP contribution in [0.4, 0.5) is 14.5 Å². The summed E-state index contributed by atoms with van der Waals surface area (Å²) in [6.07, 6.45) is -0.383. The van der Waals surface area contributed by atoms with Gasteiger partial charge in [0.2, 0.25) is 0 Å². The summed E-state index contributed by atoms with van der Waals surface area (Å²) in [6.45, 7) is 1.14. The van der Waals surface area contributed by atoms with E-state index in [-0.39, 0.29) is 23.7 Å². The van der Waals surface area contributed by atoms with E-state index in [0.29, 0.717) is 35.4 Å². The molecular weight excluding hydrogens is 477 g/mol. The highest BCUT2D eigenvalue weighted by molar-refractivity contribution is 7.84. The van der Waals surface area contributed by atoms with Crippen molar-refractivity contribution in [2.24, 2.45) is 0 Å². The maximum Gasteiger partial charge on any atom is 0.196 e. The molecule has 1 aliphatic rings. The second-order valence-corrected chi connectivity index (χ2v) is 9.42. The molecule has 168 valence electrons. The number of hydrogen-bond donors (Lipinski definition) is 1. The molecule has 0 aromatic heterocycles. The van der Waals surface area contributed by atoms with Gasteiger partial charge < -0.3 is 4.74 Å². The van der Waals surface area contributed by atoms with Gasteiger partial charge in [-0.2, -0.15) is 0 Å². The number of nitrogens with one attached hydrogen (secondary N) is 1. The summed E-state index contributed by atoms with van der Waals surface area (Å²) in [5.41, 5.74) is 2.15. The smallest absolute Gasteiger partial charge is 0.196 e. The van der Waals surface area contributed by atoms with E-state index in [1.165, 1.54) is 24.3 Å². The van der Waals surface area contributed by atoms with E-state index in [9.17, 15) is 13.0 Å². The maximum absolute atomic E-state index is 13.5. The monoisotopic (exact) mass is 496 g/mol. The molecule has 9 heteroatoms. The summed E-state index contributed by atoms with van der Waals surface area (Å²) in [4.78, 5) is 0. The SMILES string of the molecule is O=S(Nc1ccc(Cl)cc1Cl)N1CCOC(C(c2ccc(F)cc2)c2ccc(F)cc2)C1. The Bertz CT molecular complexity index is 1050. The summed E-state index contributed by atoms with van der Waals surface area (Å²) in [5, 5.41) is 0.852. The predicted octanol–water partition coefficient (Wildman–Crippen LogP) is 5.80. The van der Waals surface area contributed by atoms with E-state index in [2.05, 4.69) is 4.72 Å². The summed E-state index contributed by atoms with van der Waals surface area (Å²) < 4.78 is 50.8. The summed E-state index contributed by atoms with van der Waals surface area (Å²) in [6, 6.07) is 17.2. The van der Waals surface area contributed by atoms with Gasteiger partial charge in [-0.05, 0) is 53.6 Å². The van der Waals surface area contributed by atoms with Gasteiger partial charge in [-0.1, -0.05) is 47.5 Å². The van der Waals surface area contributed by atoms with E-state index in [1.54, 1.807) is 46.8 Å². The molecule has 1 heterocycles. The average molecular weight is 497 g/mol. The van der Waals surface area contributed by atoms with Crippen LogP contribution in [-0.4, -0.2) is 34.3 Å². The van der Waals surface area contributed by atoms with Crippen molar-refractivity contribution in [2.45, 2.75) is 12.0 Å². The number of benzene rings is 3. The van der Waals surface area contributed by atoms with Crippen molar-refractivity contribution in [3.63, 3.8) is 0 Å². The van der Waals surface area contributed by atoms with E-state index in [1.807, 2.05) is 0 Å². The minimum absolute atomic E-state index is 0.296. The van der Waals surface area contributed by atoms with Crippen molar-refractivity contribution in [1.29, 1.82) is 0 Å². The molecule has 1 N–H and O–H groups in total. The highest BCUT2D eigenvalue weighted by Crippen LogP contribution is 2.33. The molecule has 32 heavy (non-hydrogen) atoms. The Morgan fingerprint density at radius 2 is 1.56 bits per heavy atom. The zero-order chi connectivity index (χ0) is 22.7. The van der Waals surface area contributed by atoms with Gasteiger partial charge in [-0.15, -0.1) is 0 Å². The Kier molecular flexibility index (Phi) is 7.43. The molecule has 4 nitrogen and oxygen atoms in total. The number of hydrogen-bond acceptors (Lipinski definition) is 2. The molecular formula is C23H20Cl2F2N2O2S. The molecule has 0 bridgehead atoms. The van der Waals surface area contributed by atoms with Gasteiger partial charge >= 0.3 is 0 Å². The van der Waals surface area contributed by atoms with Crippen LogP contribution in [0.5, 0.6) is 0 Å². The maximum atomic E-state index is 13.5. The molecule has 1 aliphatic heterocycles. The fourth-order valence-electron chi connectivity index (χ4n) is 3.70. The Hall–Kier alpha value is -2.03. The van der Waals surface area contributed by atoms with Crippen molar-refractivity contribution in [2.75, 3.05) is 24.4 Å². The van der Waals surface area contributed by atoms with Crippen LogP contribution in [0.2, 0.25) is 10.0 Å². The third-order valence-corrected chi connectivity index (χ3v) is 6.99. The van der Waals surface area contributed by atoms with Crippen molar-refractivity contribution in [1.82, 2.24) is 4.31 Å². The second kappa shape index (κ2) is 10.3. The number of anilines is 1. The van der Waals surface area contributed by atoms with Crippen molar-refractivity contribution in [3.05, 3.63) is 99.5 Å². The standard InChI is InChI=1S/C23H20Cl2F2N2O2S/c24-17-5-10-21(20(25)13-17)28-32(30)29-11-12-31-22(14-29)23(15-1-6-18(26)7-2-15)16-3-8-19(27)9-4-16/h1-10,13,22-23,28H,11-12,14H2. The summed E-state index contributed by atoms with van der Waals surface area (Å²) >= 11 is 10.5. The Labute approximate surface area is 197 Å². The van der Waals surface area contributed by atoms with Crippen LogP contribution in [0.1, 0.15) is 17.0 Å². The van der Waals surface area contributed by atoms with E-state index < -0.39 is 11.2 Å². The Morgan fingerprint density at radius 1 is 0.969 bits per heavy atom. The molecule has 0 spiro atoms. The van der Waals surface area contributed by atoms with Crippen LogP contribution < -0.4 is 4.72 Å². The number of nitrogens with zero attached hydrogens (tertiary/aromatic N) is 1. The predicted molar refractivity (Wildman–Crippen MR) is 124 cm³/mol. The largest absolute Gasteiger partial charge is 0.374 e. The highest BCUT2D eigenvalue weighted by atomic mass is 35.5. The van der Waals surface area contributed by atoms with Crippen LogP contribution in [-0.2, 0) is 15.9 Å². The fourth-order valence-corrected chi connectivity index (χ4v) is 5.23. The number of rotatable bonds is 6. The molecule has 3 aromatic rings. The molecule has 3 aromatic carbocycles. The highest BCUT2D eigenvalue weighted by Gasteiger charge is 2.33. The first-order valence-electron chi connectivity index (χ1n) is 9.92. The van der Waals surface area contributed by atoms with Crippen LogP contribution in [0.15, 0.2) is 66.7 Å². The Balaban J connectivity index is 1.57. The third kappa shape index (κ3) is 5.47. The average Bonchev–Trinajstić information content (AvgIpc) is 2.79. The van der Waals surface area contributed by atoms with Crippen LogP contribution in [0.3, 0.4) is 0 Å². The van der Waals surface area contributed by atoms with Crippen LogP contribution >= 0.6 is 23.2 Å². The van der Waals surface area contributed by atoms with Crippen LogP contribution in [0, 0.1) is 11.6 Å². The third-order valence-electron chi connectivity index (χ3n) is 5.25. The van der Waals surface area contributed by atoms with Gasteiger partial charge in [0.1, 0.15) is 11.6 Å². The minimum atomic E-state index is -1.58. The van der Waals surface area contributed by atoms with Crippen molar-refractivity contribution >= 4 is 40.1 Å². The molecule has 0 radical (unpaired) electrons. The first-order valence-corrected chi connectivity index (χ1v) is 11.8. The van der Waals surface area contributed by atoms with Gasteiger partial charge in [0.05, 0.1) is 23.4 Å². The normalized spacial score (nSPS) is 18.0. The summed E-state index contributed by atoms with van der Waals surface area (Å²) in [5.74, 6) is -0.985. The quantitative estimate of drug-likeness (QED) is 0.468. The molecule has 0 saturated carbocycles. The zero-order valence-corrected chi connectivity index (χ0v) is 19.1. The summed E-state index contributed by atoms with van der Waals surface area (Å²) in [7, 11) is 0. The Morgan fingerprint density at radius 3 is 2.12 bits per heavy atom. The van der Waals surface area contributed by atoms with Crippen molar-refractivity contribution < 1.29 is 17.7 Å². The minimum Gasteiger partial charge on any atom is -0.374 e. The van der Waals surface area contributed by atoms with Crippen LogP contribution in [0.25, 0.3) is 0 Å². The van der Waals surface area contributed by atoms with E-state index in [4.69, 9.17) is 27.9 Å². The van der Waals surface area contributed by atoms with Crippen molar-refractivity contribution in [3.8, 4) is 0 Å². The lowest BCUT2D eigenvalue weighted by atomic mass is 9.86. The lowest BCUT2D eigenvalue weighted by Crippen LogP contribution is -2.47. The first kappa shape index (κ1) is 23.1. The number of ether oxygens (including phenoxy) is 1. The van der Waals surface area contributed by atoms with Gasteiger partial charge in [0.25, 0.3) is 0 Å². The molecule has 2 atom stereocenters. The molecule has 0 amide bonds. The molecule has 2 unspecified atom stereocenters. The molecule has 0 aliphatic carbocycles. The number of morpholine rings is 1. The van der Waals surface area contributed by atoms with Gasteiger partial charge in [-0.25, -0.2) is 17.3 Å². The zero-order valence-electron chi connectivity index (χ0n) is 16.8. The topological polar surface area (TPSA) is 41.6 Å². The lowest BCUT2D eigenvalue weighted by Gasteiger charge is -2.36. The number of halogens is 4. The molecule has 4 rings (SSSR count). The molecule has 1 saturated heterocycles. The van der Waals surface area contributed by atoms with Gasteiger partial charge in [0.15, 0.2) is 11.2 Å². The van der Waals surface area contributed by atoms with E-state index in [0.717, 1.165) is 11.1 Å². The van der Waals surface area contributed by atoms with Gasteiger partial charge in [-0.3, -0.25) is 4.72 Å².